The molecule has 0 aliphatic carbocycles. The number of anilines is 1. The van der Waals surface area contributed by atoms with Crippen LogP contribution in [-0.4, -0.2) is 16.1 Å². The predicted molar refractivity (Wildman–Crippen MR) is 108 cm³/mol. The number of rotatable bonds is 5. The number of carbonyl (C=O) groups excluding carboxylic acids is 1. The highest BCUT2D eigenvalue weighted by Crippen LogP contribution is 2.31. The molecule has 1 heterocycles. The average molecular weight is 389 g/mol. The molecule has 0 bridgehead atoms. The number of para-hydroxylation sites is 1. The fraction of sp³-hybridized carbons (Fsp3) is 0.300. The molecule has 0 saturated carbocycles. The first-order valence-corrected chi connectivity index (χ1v) is 9.74. The van der Waals surface area contributed by atoms with E-state index in [1.165, 1.54) is 11.8 Å². The number of aryl methyl sites for hydroxylation is 1. The van der Waals surface area contributed by atoms with Gasteiger partial charge in [-0.25, -0.2) is 4.98 Å². The van der Waals surface area contributed by atoms with Gasteiger partial charge in [-0.3, -0.25) is 4.79 Å². The summed E-state index contributed by atoms with van der Waals surface area (Å²) in [7, 11) is 0. The van der Waals surface area contributed by atoms with Crippen LogP contribution in [0.1, 0.15) is 37.8 Å². The molecule has 0 radical (unpaired) electrons. The SMILES string of the molecule is Cc1cccc(C(C)C)c1NC(=O)C(C)Sc1nc2cc(Cl)ccc2o1. The van der Waals surface area contributed by atoms with Crippen molar-refractivity contribution in [3.63, 3.8) is 0 Å². The van der Waals surface area contributed by atoms with Crippen molar-refractivity contribution >= 4 is 46.1 Å². The van der Waals surface area contributed by atoms with Gasteiger partial charge in [-0.05, 0) is 49.1 Å². The van der Waals surface area contributed by atoms with Crippen LogP contribution in [0.2, 0.25) is 5.02 Å². The number of hydrogen-bond acceptors (Lipinski definition) is 4. The molecule has 3 aromatic rings. The quantitative estimate of drug-likeness (QED) is 0.542. The number of aromatic nitrogens is 1. The average Bonchev–Trinajstić information content (AvgIpc) is 2.97. The third-order valence-corrected chi connectivity index (χ3v) is 5.33. The summed E-state index contributed by atoms with van der Waals surface area (Å²) in [5.74, 6) is 0.251. The largest absolute Gasteiger partial charge is 0.431 e. The van der Waals surface area contributed by atoms with E-state index in [9.17, 15) is 4.79 Å². The second-order valence-corrected chi connectivity index (χ2v) is 8.26. The molecule has 1 amide bonds. The van der Waals surface area contributed by atoms with Crippen LogP contribution in [0.3, 0.4) is 0 Å². The summed E-state index contributed by atoms with van der Waals surface area (Å²) in [6.45, 7) is 8.08. The van der Waals surface area contributed by atoms with Crippen LogP contribution in [0.5, 0.6) is 0 Å². The van der Waals surface area contributed by atoms with E-state index in [1.807, 2.05) is 26.0 Å². The van der Waals surface area contributed by atoms with E-state index in [4.69, 9.17) is 16.0 Å². The zero-order valence-electron chi connectivity index (χ0n) is 15.2. The van der Waals surface area contributed by atoms with Crippen molar-refractivity contribution in [2.24, 2.45) is 0 Å². The molecule has 0 spiro atoms. The van der Waals surface area contributed by atoms with Gasteiger partial charge in [0.1, 0.15) is 5.52 Å². The molecule has 4 nitrogen and oxygen atoms in total. The maximum absolute atomic E-state index is 12.7. The van der Waals surface area contributed by atoms with E-state index < -0.39 is 0 Å². The van der Waals surface area contributed by atoms with Gasteiger partial charge in [0.2, 0.25) is 5.91 Å². The van der Waals surface area contributed by atoms with Crippen molar-refractivity contribution in [3.05, 3.63) is 52.5 Å². The van der Waals surface area contributed by atoms with Gasteiger partial charge in [0.15, 0.2) is 5.58 Å². The first kappa shape index (κ1) is 18.8. The van der Waals surface area contributed by atoms with Crippen molar-refractivity contribution in [1.82, 2.24) is 4.98 Å². The lowest BCUT2D eigenvalue weighted by atomic mass is 9.98. The molecule has 1 atom stereocenters. The van der Waals surface area contributed by atoms with Crippen molar-refractivity contribution in [2.75, 3.05) is 5.32 Å². The highest BCUT2D eigenvalue weighted by molar-refractivity contribution is 8.00. The maximum atomic E-state index is 12.7. The lowest BCUT2D eigenvalue weighted by Gasteiger charge is -2.18. The first-order valence-electron chi connectivity index (χ1n) is 8.48. The Balaban J connectivity index is 1.76. The van der Waals surface area contributed by atoms with Crippen molar-refractivity contribution < 1.29 is 9.21 Å². The van der Waals surface area contributed by atoms with Crippen LogP contribution >= 0.6 is 23.4 Å². The maximum Gasteiger partial charge on any atom is 0.257 e. The molecule has 3 rings (SSSR count). The number of thioether (sulfide) groups is 1. The molecule has 26 heavy (non-hydrogen) atoms. The highest BCUT2D eigenvalue weighted by atomic mass is 35.5. The topological polar surface area (TPSA) is 55.1 Å². The van der Waals surface area contributed by atoms with E-state index in [-0.39, 0.29) is 11.2 Å². The Labute approximate surface area is 162 Å². The van der Waals surface area contributed by atoms with Crippen LogP contribution in [-0.2, 0) is 4.79 Å². The Kier molecular flexibility index (Phi) is 5.58. The summed E-state index contributed by atoms with van der Waals surface area (Å²) in [5.41, 5.74) is 4.42. The third-order valence-electron chi connectivity index (χ3n) is 4.15. The molecule has 0 saturated heterocycles. The second-order valence-electron chi connectivity index (χ2n) is 6.53. The summed E-state index contributed by atoms with van der Waals surface area (Å²) >= 11 is 7.27. The fourth-order valence-corrected chi connectivity index (χ4v) is 3.63. The normalized spacial score (nSPS) is 12.5. The van der Waals surface area contributed by atoms with Gasteiger partial charge >= 0.3 is 0 Å². The zero-order chi connectivity index (χ0) is 18.8. The van der Waals surface area contributed by atoms with E-state index in [0.717, 1.165) is 16.8 Å². The summed E-state index contributed by atoms with van der Waals surface area (Å²) in [6.07, 6.45) is 0. The second kappa shape index (κ2) is 7.72. The number of benzene rings is 2. The molecular formula is C20H21ClN2O2S. The number of fused-ring (bicyclic) bond motifs is 1. The van der Waals surface area contributed by atoms with Gasteiger partial charge in [0.05, 0.1) is 5.25 Å². The number of nitrogens with one attached hydrogen (secondary N) is 1. The van der Waals surface area contributed by atoms with Crippen LogP contribution in [0.15, 0.2) is 46.0 Å². The lowest BCUT2D eigenvalue weighted by molar-refractivity contribution is -0.115. The monoisotopic (exact) mass is 388 g/mol. The smallest absolute Gasteiger partial charge is 0.257 e. The highest BCUT2D eigenvalue weighted by Gasteiger charge is 2.20. The molecule has 6 heteroatoms. The predicted octanol–water partition coefficient (Wildman–Crippen LogP) is 6.03. The molecule has 1 aromatic heterocycles. The number of carbonyl (C=O) groups is 1. The summed E-state index contributed by atoms with van der Waals surface area (Å²) < 4.78 is 5.69. The Morgan fingerprint density at radius 3 is 2.73 bits per heavy atom. The van der Waals surface area contributed by atoms with E-state index in [0.29, 0.717) is 27.3 Å². The summed E-state index contributed by atoms with van der Waals surface area (Å²) in [6, 6.07) is 11.4. The molecule has 0 aliphatic heterocycles. The minimum Gasteiger partial charge on any atom is -0.431 e. The number of hydrogen-bond donors (Lipinski definition) is 1. The van der Waals surface area contributed by atoms with Gasteiger partial charge in [0.25, 0.3) is 5.22 Å². The van der Waals surface area contributed by atoms with Crippen LogP contribution in [0.25, 0.3) is 11.1 Å². The number of oxazole rings is 1. The van der Waals surface area contributed by atoms with Gasteiger partial charge in [-0.1, -0.05) is 55.4 Å². The van der Waals surface area contributed by atoms with Gasteiger partial charge < -0.3 is 9.73 Å². The van der Waals surface area contributed by atoms with Crippen LogP contribution < -0.4 is 5.32 Å². The zero-order valence-corrected chi connectivity index (χ0v) is 16.7. The molecule has 0 aliphatic rings. The first-order chi connectivity index (χ1) is 12.3. The number of halogens is 1. The standard InChI is InChI=1S/C20H21ClN2O2S/c1-11(2)15-7-5-6-12(3)18(15)23-19(24)13(4)26-20-22-16-10-14(21)8-9-17(16)25-20/h5-11,13H,1-4H3,(H,23,24). The lowest BCUT2D eigenvalue weighted by Crippen LogP contribution is -2.23. The van der Waals surface area contributed by atoms with E-state index in [2.05, 4.69) is 30.2 Å². The third kappa shape index (κ3) is 4.05. The van der Waals surface area contributed by atoms with Crippen molar-refractivity contribution in [2.45, 2.75) is 44.1 Å². The van der Waals surface area contributed by atoms with Gasteiger partial charge in [-0.15, -0.1) is 0 Å². The minimum atomic E-state index is -0.349. The number of nitrogens with zero attached hydrogens (tertiary/aromatic N) is 1. The molecule has 0 fully saturated rings. The van der Waals surface area contributed by atoms with Crippen molar-refractivity contribution in [1.29, 1.82) is 0 Å². The fourth-order valence-electron chi connectivity index (χ4n) is 2.70. The Hall–Kier alpha value is -1.98. The summed E-state index contributed by atoms with van der Waals surface area (Å²) in [4.78, 5) is 17.1. The van der Waals surface area contributed by atoms with Gasteiger partial charge in [-0.2, -0.15) is 0 Å². The van der Waals surface area contributed by atoms with Crippen LogP contribution in [0.4, 0.5) is 5.69 Å². The number of amides is 1. The van der Waals surface area contributed by atoms with E-state index >= 15 is 0 Å². The van der Waals surface area contributed by atoms with Crippen molar-refractivity contribution in [3.8, 4) is 0 Å². The van der Waals surface area contributed by atoms with Gasteiger partial charge in [0, 0.05) is 10.7 Å². The molecule has 1 unspecified atom stereocenters. The molecule has 2 aromatic carbocycles. The Morgan fingerprint density at radius 1 is 1.23 bits per heavy atom. The summed E-state index contributed by atoms with van der Waals surface area (Å²) in [5, 5.41) is 3.79. The Bertz CT molecular complexity index is 952. The molecular weight excluding hydrogens is 368 g/mol. The Morgan fingerprint density at radius 2 is 2.00 bits per heavy atom. The molecule has 136 valence electrons. The van der Waals surface area contributed by atoms with E-state index in [1.54, 1.807) is 18.2 Å². The molecule has 1 N–H and O–H groups in total. The minimum absolute atomic E-state index is 0.0773. The van der Waals surface area contributed by atoms with Crippen LogP contribution in [0, 0.1) is 6.92 Å².